The summed E-state index contributed by atoms with van der Waals surface area (Å²) in [5.74, 6) is -5.06. The Kier molecular flexibility index (Phi) is 7.45. The van der Waals surface area contributed by atoms with Gasteiger partial charge in [0.1, 0.15) is 18.1 Å². The van der Waals surface area contributed by atoms with Crippen LogP contribution in [0.4, 0.5) is 17.6 Å². The molecule has 0 heterocycles. The maximum atomic E-state index is 14.1. The monoisotopic (exact) mass is 580 g/mol. The third-order valence-electron chi connectivity index (χ3n) is 9.58. The van der Waals surface area contributed by atoms with Gasteiger partial charge in [-0.15, -0.1) is 0 Å². The van der Waals surface area contributed by atoms with Crippen LogP contribution in [0.2, 0.25) is 0 Å². The number of rotatable bonds is 6. The molecule has 0 bridgehead atoms. The first-order valence-electron chi connectivity index (χ1n) is 14.2. The van der Waals surface area contributed by atoms with E-state index in [9.17, 15) is 22.7 Å². The van der Waals surface area contributed by atoms with Crippen LogP contribution in [0.1, 0.15) is 67.2 Å². The van der Waals surface area contributed by atoms with Crippen LogP contribution in [0.3, 0.4) is 0 Å². The van der Waals surface area contributed by atoms with Gasteiger partial charge in [0, 0.05) is 22.8 Å². The molecule has 0 spiro atoms. The molecule has 3 aliphatic carbocycles. The van der Waals surface area contributed by atoms with Crippen LogP contribution < -0.4 is 9.47 Å². The van der Waals surface area contributed by atoms with Crippen molar-refractivity contribution >= 4 is 11.9 Å². The molecule has 0 saturated heterocycles. The topological polar surface area (TPSA) is 63.4 Å². The van der Waals surface area contributed by atoms with Crippen molar-refractivity contribution in [3.05, 3.63) is 88.0 Å². The van der Waals surface area contributed by atoms with E-state index in [1.165, 1.54) is 18.2 Å². The highest BCUT2D eigenvalue weighted by molar-refractivity contribution is 5.93. The van der Waals surface area contributed by atoms with Crippen LogP contribution in [0, 0.1) is 40.5 Å². The van der Waals surface area contributed by atoms with Crippen LogP contribution >= 0.6 is 0 Å². The maximum absolute atomic E-state index is 14.1. The van der Waals surface area contributed by atoms with Gasteiger partial charge >= 0.3 is 0 Å². The highest BCUT2D eigenvalue weighted by Gasteiger charge is 2.53. The second-order valence-electron chi connectivity index (χ2n) is 11.7. The lowest BCUT2D eigenvalue weighted by Crippen LogP contribution is -2.42. The average molecular weight is 581 g/mol. The highest BCUT2D eigenvalue weighted by Crippen LogP contribution is 2.60. The minimum absolute atomic E-state index is 0.0137. The van der Waals surface area contributed by atoms with E-state index >= 15 is 0 Å². The number of ether oxygens (including phenoxy) is 2. The molecule has 2 saturated carbocycles. The van der Waals surface area contributed by atoms with Crippen LogP contribution in [0.25, 0.3) is 0 Å². The zero-order valence-corrected chi connectivity index (χ0v) is 23.5. The fourth-order valence-electron chi connectivity index (χ4n) is 7.51. The Bertz CT molecular complexity index is 1560. The number of phenolic OH excluding ortho intramolecular Hbond substituents is 1. The fraction of sp³-hybridized carbons (Fsp3) is 0.394. The molecule has 3 aromatic rings. The lowest BCUT2D eigenvalue weighted by molar-refractivity contribution is 0.0955. The molecule has 9 heteroatoms. The molecule has 0 aromatic heterocycles. The van der Waals surface area contributed by atoms with E-state index in [-0.39, 0.29) is 18.1 Å². The number of aromatic hydroxyl groups is 1. The Balaban J connectivity index is 1.18. The molecule has 0 radical (unpaired) electrons. The van der Waals surface area contributed by atoms with E-state index in [1.807, 2.05) is 6.07 Å². The number of halogens is 4. The third-order valence-corrected chi connectivity index (χ3v) is 9.58. The van der Waals surface area contributed by atoms with Gasteiger partial charge in [-0.2, -0.15) is 19.0 Å². The van der Waals surface area contributed by atoms with Gasteiger partial charge < -0.3 is 14.6 Å². The van der Waals surface area contributed by atoms with Gasteiger partial charge in [-0.1, -0.05) is 13.0 Å². The molecule has 5 nitrogen and oxygen atoms in total. The van der Waals surface area contributed by atoms with E-state index in [1.54, 1.807) is 30.5 Å². The molecule has 3 aliphatic rings. The van der Waals surface area contributed by atoms with Gasteiger partial charge in [-0.25, -0.2) is 8.78 Å². The van der Waals surface area contributed by atoms with Crippen LogP contribution in [0.15, 0.2) is 52.7 Å². The Morgan fingerprint density at radius 3 is 2.52 bits per heavy atom. The van der Waals surface area contributed by atoms with Crippen molar-refractivity contribution < 1.29 is 32.1 Å². The Morgan fingerprint density at radius 2 is 1.76 bits per heavy atom. The molecule has 0 aliphatic heterocycles. The maximum Gasteiger partial charge on any atom is 0.203 e. The van der Waals surface area contributed by atoms with E-state index in [4.69, 9.17) is 9.47 Å². The summed E-state index contributed by atoms with van der Waals surface area (Å²) < 4.78 is 65.8. The smallest absolute Gasteiger partial charge is 0.203 e. The number of phenols is 1. The minimum Gasteiger partial charge on any atom is -0.508 e. The third kappa shape index (κ3) is 4.92. The summed E-state index contributed by atoms with van der Waals surface area (Å²) in [4.78, 5) is 0. The van der Waals surface area contributed by atoms with Gasteiger partial charge in [-0.3, -0.25) is 0 Å². The average Bonchev–Trinajstić information content (AvgIpc) is 3.32. The van der Waals surface area contributed by atoms with Gasteiger partial charge in [0.2, 0.25) is 11.6 Å². The predicted molar refractivity (Wildman–Crippen MR) is 151 cm³/mol. The summed E-state index contributed by atoms with van der Waals surface area (Å²) in [6.45, 7) is 1.93. The number of aryl methyl sites for hydroxylation is 1. The number of benzene rings is 3. The molecule has 1 N–H and O–H groups in total. The predicted octanol–water partition coefficient (Wildman–Crippen LogP) is 7.87. The second-order valence-corrected chi connectivity index (χ2v) is 11.7. The van der Waals surface area contributed by atoms with Crippen molar-refractivity contribution in [1.29, 1.82) is 0 Å². The van der Waals surface area contributed by atoms with Crippen LogP contribution in [-0.2, 0) is 13.0 Å². The molecule has 4 atom stereocenters. The largest absolute Gasteiger partial charge is 0.508 e. The lowest BCUT2D eigenvalue weighted by atomic mass is 9.55. The second kappa shape index (κ2) is 11.1. The molecule has 42 heavy (non-hydrogen) atoms. The summed E-state index contributed by atoms with van der Waals surface area (Å²) in [5, 5.41) is 19.0. The molecule has 220 valence electrons. The molecule has 6 rings (SSSR count). The van der Waals surface area contributed by atoms with Gasteiger partial charge in [0.05, 0.1) is 13.3 Å². The summed E-state index contributed by atoms with van der Waals surface area (Å²) in [7, 11) is 1.43. The number of hydrogen-bond donors (Lipinski definition) is 1. The van der Waals surface area contributed by atoms with Crippen LogP contribution in [0.5, 0.6) is 17.2 Å². The quantitative estimate of drug-likeness (QED) is 0.140. The Hall–Kier alpha value is -3.88. The van der Waals surface area contributed by atoms with E-state index < -0.39 is 29.0 Å². The van der Waals surface area contributed by atoms with Gasteiger partial charge in [0.25, 0.3) is 0 Å². The van der Waals surface area contributed by atoms with E-state index in [0.29, 0.717) is 40.4 Å². The first-order chi connectivity index (χ1) is 20.2. The van der Waals surface area contributed by atoms with Gasteiger partial charge in [-0.05, 0) is 103 Å². The Morgan fingerprint density at radius 1 is 0.976 bits per heavy atom. The molecule has 2 fully saturated rings. The first-order valence-corrected chi connectivity index (χ1v) is 14.2. The summed E-state index contributed by atoms with van der Waals surface area (Å²) >= 11 is 0. The molecule has 3 aromatic carbocycles. The highest BCUT2D eigenvalue weighted by atomic mass is 19.2. The SMILES string of the molecule is COc1ccc(/C=N\N=C2\CC[C@H]3[C@H]4CCc5cc(O)ccc5[C@H]4CC[C@@]23C)cc1COc1c(F)c(F)cc(F)c1F. The summed E-state index contributed by atoms with van der Waals surface area (Å²) in [6.07, 6.45) is 7.79. The van der Waals surface area contributed by atoms with Crippen LogP contribution in [-0.4, -0.2) is 24.1 Å². The first kappa shape index (κ1) is 28.2. The van der Waals surface area contributed by atoms with Crippen molar-refractivity contribution in [1.82, 2.24) is 0 Å². The molecular weight excluding hydrogens is 548 g/mol. The number of fused-ring (bicyclic) bond motifs is 5. The fourth-order valence-corrected chi connectivity index (χ4v) is 7.51. The zero-order valence-electron chi connectivity index (χ0n) is 23.5. The number of nitrogens with zero attached hydrogens (tertiary/aromatic N) is 2. The van der Waals surface area contributed by atoms with E-state index in [0.717, 1.165) is 44.2 Å². The lowest BCUT2D eigenvalue weighted by Gasteiger charge is -2.49. The molecular formula is C33H32F4N2O3. The minimum atomic E-state index is -1.60. The van der Waals surface area contributed by atoms with Crippen molar-refractivity contribution in [3.8, 4) is 17.2 Å². The van der Waals surface area contributed by atoms with E-state index in [2.05, 4.69) is 23.2 Å². The van der Waals surface area contributed by atoms with Crippen molar-refractivity contribution in [2.24, 2.45) is 27.5 Å². The Labute approximate surface area is 241 Å². The molecule has 0 amide bonds. The number of methoxy groups -OCH3 is 1. The van der Waals surface area contributed by atoms with Crippen molar-refractivity contribution in [3.63, 3.8) is 0 Å². The normalized spacial score (nSPS) is 25.8. The number of hydrogen-bond acceptors (Lipinski definition) is 5. The zero-order chi connectivity index (χ0) is 29.6. The van der Waals surface area contributed by atoms with Crippen molar-refractivity contribution in [2.75, 3.05) is 7.11 Å². The summed E-state index contributed by atoms with van der Waals surface area (Å²) in [5.41, 5.74) is 4.83. The standard InChI is InChI=1S/C33H32F4N2O3/c1-33-12-11-23-22-7-5-21(40)14-19(22)4-6-24(23)25(33)8-10-29(33)39-38-16-18-3-9-28(41-2)20(13-18)17-42-32-30(36)26(34)15-27(35)31(32)37/h3,5,7,9,13-16,23-25,40H,4,6,8,10-12,17H2,1-2H3/b38-16-,39-29-/t23-,24+,25+,33-/m1/s1. The summed E-state index contributed by atoms with van der Waals surface area (Å²) in [6, 6.07) is 11.0. The molecule has 0 unspecified atom stereocenters. The van der Waals surface area contributed by atoms with Gasteiger partial charge in [0.15, 0.2) is 17.4 Å². The van der Waals surface area contributed by atoms with Crippen molar-refractivity contribution in [2.45, 2.75) is 58.0 Å².